The van der Waals surface area contributed by atoms with E-state index in [0.717, 1.165) is 0 Å². The molecule has 3 rings (SSSR count). The Morgan fingerprint density at radius 1 is 1.21 bits per heavy atom. The highest BCUT2D eigenvalue weighted by Gasteiger charge is 2.23. The number of carbonyl (C=O) groups is 1. The summed E-state index contributed by atoms with van der Waals surface area (Å²) < 4.78 is 17.9. The van der Waals surface area contributed by atoms with E-state index in [2.05, 4.69) is 20.3 Å². The molecule has 0 unspecified atom stereocenters. The Morgan fingerprint density at radius 2 is 2.00 bits per heavy atom. The topological polar surface area (TPSA) is 83.5 Å². The minimum atomic E-state index is -0.583. The normalized spacial score (nSPS) is 14.4. The highest BCUT2D eigenvalue weighted by atomic mass is 19.1. The maximum Gasteiger partial charge on any atom is 0.322 e. The van der Waals surface area contributed by atoms with Crippen LogP contribution in [0, 0.1) is 5.95 Å². The number of carbonyl (C=O) groups excluding carboxylic acids is 1. The van der Waals surface area contributed by atoms with Gasteiger partial charge in [0.2, 0.25) is 17.8 Å². The minimum absolute atomic E-state index is 0.241. The second-order valence-corrected chi connectivity index (χ2v) is 5.17. The first kappa shape index (κ1) is 15.9. The molecule has 0 saturated carbocycles. The first-order valence-electron chi connectivity index (χ1n) is 7.45. The van der Waals surface area contributed by atoms with Crippen LogP contribution in [0.1, 0.15) is 0 Å². The summed E-state index contributed by atoms with van der Waals surface area (Å²) in [6, 6.07) is 4.12. The van der Waals surface area contributed by atoms with Crippen molar-refractivity contribution in [1.82, 2.24) is 19.9 Å². The van der Waals surface area contributed by atoms with Crippen LogP contribution in [-0.2, 0) is 0 Å². The van der Waals surface area contributed by atoms with Crippen molar-refractivity contribution < 1.29 is 13.9 Å². The number of ether oxygens (including phenoxy) is 1. The smallest absolute Gasteiger partial charge is 0.322 e. The monoisotopic (exact) mass is 332 g/mol. The summed E-state index contributed by atoms with van der Waals surface area (Å²) in [6.45, 7) is 2.28. The van der Waals surface area contributed by atoms with E-state index < -0.39 is 5.95 Å². The van der Waals surface area contributed by atoms with Gasteiger partial charge < -0.3 is 19.9 Å². The Hall–Kier alpha value is -2.97. The van der Waals surface area contributed by atoms with Gasteiger partial charge in [0.1, 0.15) is 0 Å². The van der Waals surface area contributed by atoms with Gasteiger partial charge in [-0.3, -0.25) is 0 Å². The third kappa shape index (κ3) is 3.67. The number of nitrogens with zero attached hydrogens (tertiary/aromatic N) is 5. The van der Waals surface area contributed by atoms with Gasteiger partial charge in [0.15, 0.2) is 0 Å². The van der Waals surface area contributed by atoms with Crippen LogP contribution in [0.4, 0.5) is 20.8 Å². The van der Waals surface area contributed by atoms with Gasteiger partial charge in [0.25, 0.3) is 0 Å². The molecule has 2 aromatic rings. The fraction of sp³-hybridized carbons (Fsp3) is 0.333. The average molecular weight is 332 g/mol. The fourth-order valence-corrected chi connectivity index (χ4v) is 2.36. The Bertz CT molecular complexity index is 703. The molecule has 0 aromatic carbocycles. The Labute approximate surface area is 138 Å². The van der Waals surface area contributed by atoms with Crippen LogP contribution in [0.2, 0.25) is 0 Å². The van der Waals surface area contributed by atoms with Crippen molar-refractivity contribution >= 4 is 17.7 Å². The Morgan fingerprint density at radius 3 is 2.67 bits per heavy atom. The molecule has 1 N–H and O–H groups in total. The lowest BCUT2D eigenvalue weighted by atomic mass is 10.3. The predicted octanol–water partition coefficient (Wildman–Crippen LogP) is 1.37. The van der Waals surface area contributed by atoms with Gasteiger partial charge in [-0.2, -0.15) is 9.37 Å². The Kier molecular flexibility index (Phi) is 4.69. The molecule has 3 heterocycles. The summed E-state index contributed by atoms with van der Waals surface area (Å²) in [4.78, 5) is 27.9. The van der Waals surface area contributed by atoms with E-state index in [1.807, 2.05) is 4.90 Å². The van der Waals surface area contributed by atoms with Crippen molar-refractivity contribution in [1.29, 1.82) is 0 Å². The van der Waals surface area contributed by atoms with Crippen LogP contribution in [0.3, 0.4) is 0 Å². The van der Waals surface area contributed by atoms with Crippen molar-refractivity contribution in [3.63, 3.8) is 0 Å². The second-order valence-electron chi connectivity index (χ2n) is 5.17. The van der Waals surface area contributed by atoms with Gasteiger partial charge in [-0.15, -0.1) is 0 Å². The van der Waals surface area contributed by atoms with E-state index in [4.69, 9.17) is 4.74 Å². The van der Waals surface area contributed by atoms with E-state index in [1.54, 1.807) is 24.3 Å². The summed E-state index contributed by atoms with van der Waals surface area (Å²) in [5.74, 6) is 0.501. The van der Waals surface area contributed by atoms with Crippen molar-refractivity contribution in [3.05, 3.63) is 36.5 Å². The molecule has 0 bridgehead atoms. The molecule has 0 spiro atoms. The van der Waals surface area contributed by atoms with Gasteiger partial charge in [0.05, 0.1) is 19.0 Å². The number of urea groups is 1. The molecule has 1 aliphatic rings. The number of piperazine rings is 1. The summed E-state index contributed by atoms with van der Waals surface area (Å²) in [7, 11) is 1.55. The number of nitrogens with one attached hydrogen (secondary N) is 1. The summed E-state index contributed by atoms with van der Waals surface area (Å²) >= 11 is 0. The first-order valence-corrected chi connectivity index (χ1v) is 7.45. The standard InChI is InChI=1S/C15H17FN6O2/c1-24-13-4-5-17-14(20-13)21-6-8-22(9-7-21)15(23)19-11-2-3-12(16)18-10-11/h2-5,10H,6-9H2,1H3,(H,19,23). The number of rotatable bonds is 3. The Balaban J connectivity index is 1.56. The highest BCUT2D eigenvalue weighted by Crippen LogP contribution is 2.15. The largest absolute Gasteiger partial charge is 0.481 e. The summed E-state index contributed by atoms with van der Waals surface area (Å²) in [6.07, 6.45) is 2.93. The highest BCUT2D eigenvalue weighted by molar-refractivity contribution is 5.89. The molecule has 8 nitrogen and oxygen atoms in total. The lowest BCUT2D eigenvalue weighted by Gasteiger charge is -2.34. The van der Waals surface area contributed by atoms with E-state index in [0.29, 0.717) is 43.7 Å². The van der Waals surface area contributed by atoms with Crippen molar-refractivity contribution in [2.24, 2.45) is 0 Å². The molecule has 2 amide bonds. The predicted molar refractivity (Wildman–Crippen MR) is 85.6 cm³/mol. The lowest BCUT2D eigenvalue weighted by molar-refractivity contribution is 0.208. The van der Waals surface area contributed by atoms with E-state index in [1.165, 1.54) is 18.3 Å². The first-order chi connectivity index (χ1) is 11.7. The van der Waals surface area contributed by atoms with E-state index in [-0.39, 0.29) is 6.03 Å². The number of hydrogen-bond acceptors (Lipinski definition) is 6. The molecular weight excluding hydrogens is 315 g/mol. The number of anilines is 2. The third-order valence-electron chi connectivity index (χ3n) is 3.65. The SMILES string of the molecule is COc1ccnc(N2CCN(C(=O)Nc3ccc(F)nc3)CC2)n1. The van der Waals surface area contributed by atoms with E-state index in [9.17, 15) is 9.18 Å². The molecule has 1 aliphatic heterocycles. The summed E-state index contributed by atoms with van der Waals surface area (Å²) in [5.41, 5.74) is 0.458. The number of pyridine rings is 1. The van der Waals surface area contributed by atoms with Crippen LogP contribution in [-0.4, -0.2) is 59.2 Å². The van der Waals surface area contributed by atoms with Crippen LogP contribution < -0.4 is 15.0 Å². The lowest BCUT2D eigenvalue weighted by Crippen LogP contribution is -2.50. The van der Waals surface area contributed by atoms with Gasteiger partial charge in [-0.25, -0.2) is 14.8 Å². The average Bonchev–Trinajstić information content (AvgIpc) is 2.64. The quantitative estimate of drug-likeness (QED) is 0.855. The van der Waals surface area contributed by atoms with Crippen LogP contribution in [0.15, 0.2) is 30.6 Å². The van der Waals surface area contributed by atoms with Gasteiger partial charge in [0, 0.05) is 38.4 Å². The molecule has 0 radical (unpaired) electrons. The van der Waals surface area contributed by atoms with Crippen LogP contribution >= 0.6 is 0 Å². The number of hydrogen-bond donors (Lipinski definition) is 1. The molecule has 0 atom stereocenters. The van der Waals surface area contributed by atoms with Crippen molar-refractivity contribution in [2.75, 3.05) is 43.5 Å². The number of aromatic nitrogens is 3. The maximum absolute atomic E-state index is 12.8. The molecule has 0 aliphatic carbocycles. The molecule has 1 saturated heterocycles. The zero-order valence-electron chi connectivity index (χ0n) is 13.1. The van der Waals surface area contributed by atoms with Crippen molar-refractivity contribution in [2.45, 2.75) is 0 Å². The zero-order valence-corrected chi connectivity index (χ0v) is 13.1. The zero-order chi connectivity index (χ0) is 16.9. The fourth-order valence-electron chi connectivity index (χ4n) is 2.36. The number of methoxy groups -OCH3 is 1. The summed E-state index contributed by atoms with van der Waals surface area (Å²) in [5, 5.41) is 2.70. The molecule has 2 aromatic heterocycles. The van der Waals surface area contributed by atoms with Gasteiger partial charge in [-0.1, -0.05) is 0 Å². The number of amides is 2. The second kappa shape index (κ2) is 7.07. The third-order valence-corrected chi connectivity index (χ3v) is 3.65. The maximum atomic E-state index is 12.8. The molecular formula is C15H17FN6O2. The minimum Gasteiger partial charge on any atom is -0.481 e. The van der Waals surface area contributed by atoms with Gasteiger partial charge >= 0.3 is 6.03 Å². The molecule has 1 fully saturated rings. The van der Waals surface area contributed by atoms with Gasteiger partial charge in [-0.05, 0) is 12.1 Å². The molecule has 126 valence electrons. The van der Waals surface area contributed by atoms with Crippen LogP contribution in [0.25, 0.3) is 0 Å². The van der Waals surface area contributed by atoms with Crippen molar-refractivity contribution in [3.8, 4) is 5.88 Å². The molecule has 24 heavy (non-hydrogen) atoms. The molecule has 9 heteroatoms. The van der Waals surface area contributed by atoms with E-state index >= 15 is 0 Å². The van der Waals surface area contributed by atoms with Crippen LogP contribution in [0.5, 0.6) is 5.88 Å². The number of halogens is 1.